The number of likely N-dealkylation sites (N-methyl/N-ethyl adjacent to an activating group) is 1. The highest BCUT2D eigenvalue weighted by Crippen LogP contribution is 2.23. The molecule has 0 aromatic rings. The maximum absolute atomic E-state index is 12.1. The van der Waals surface area contributed by atoms with Crippen molar-refractivity contribution < 1.29 is 4.79 Å². The minimum absolute atomic E-state index is 0.225. The van der Waals surface area contributed by atoms with E-state index in [9.17, 15) is 4.79 Å². The molecule has 19 heavy (non-hydrogen) atoms. The van der Waals surface area contributed by atoms with Crippen LogP contribution < -0.4 is 10.6 Å². The lowest BCUT2D eigenvalue weighted by Gasteiger charge is -2.29. The van der Waals surface area contributed by atoms with Gasteiger partial charge in [0.1, 0.15) is 0 Å². The Kier molecular flexibility index (Phi) is 5.64. The lowest BCUT2D eigenvalue weighted by Crippen LogP contribution is -2.46. The summed E-state index contributed by atoms with van der Waals surface area (Å²) in [5, 5.41) is 6.45. The molecule has 1 saturated carbocycles. The number of rotatable bonds is 5. The fourth-order valence-corrected chi connectivity index (χ4v) is 3.43. The van der Waals surface area contributed by atoms with Crippen LogP contribution in [0.25, 0.3) is 0 Å². The van der Waals surface area contributed by atoms with E-state index in [1.807, 2.05) is 7.05 Å². The van der Waals surface area contributed by atoms with Gasteiger partial charge < -0.3 is 10.6 Å². The Morgan fingerprint density at radius 1 is 1.21 bits per heavy atom. The van der Waals surface area contributed by atoms with E-state index < -0.39 is 0 Å². The molecule has 0 aromatic heterocycles. The topological polar surface area (TPSA) is 44.4 Å². The molecular weight excluding hydrogens is 238 g/mol. The van der Waals surface area contributed by atoms with Crippen LogP contribution in [0.4, 0.5) is 0 Å². The van der Waals surface area contributed by atoms with Crippen molar-refractivity contribution in [2.45, 2.75) is 57.5 Å². The summed E-state index contributed by atoms with van der Waals surface area (Å²) in [7, 11) is 1.99. The SMILES string of the molecule is CNCC1CCCN1CC(=O)NC1CCC(C)CC1. The van der Waals surface area contributed by atoms with Crippen LogP contribution in [0.2, 0.25) is 0 Å². The van der Waals surface area contributed by atoms with Crippen LogP contribution in [0.1, 0.15) is 45.4 Å². The minimum Gasteiger partial charge on any atom is -0.352 e. The van der Waals surface area contributed by atoms with Crippen molar-refractivity contribution in [2.24, 2.45) is 5.92 Å². The highest BCUT2D eigenvalue weighted by Gasteiger charge is 2.26. The quantitative estimate of drug-likeness (QED) is 0.790. The molecule has 0 aromatic carbocycles. The van der Waals surface area contributed by atoms with Gasteiger partial charge >= 0.3 is 0 Å². The summed E-state index contributed by atoms with van der Waals surface area (Å²) in [6.45, 7) is 4.96. The van der Waals surface area contributed by atoms with Gasteiger partial charge in [-0.25, -0.2) is 0 Å². The number of hydrogen-bond acceptors (Lipinski definition) is 3. The van der Waals surface area contributed by atoms with Gasteiger partial charge in [0.15, 0.2) is 0 Å². The molecule has 1 aliphatic carbocycles. The monoisotopic (exact) mass is 267 g/mol. The van der Waals surface area contributed by atoms with Gasteiger partial charge in [-0.15, -0.1) is 0 Å². The van der Waals surface area contributed by atoms with Gasteiger partial charge in [0.25, 0.3) is 0 Å². The Labute approximate surface area is 117 Å². The standard InChI is InChI=1S/C15H29N3O/c1-12-5-7-13(8-6-12)17-15(19)11-18-9-3-4-14(18)10-16-2/h12-14,16H,3-11H2,1-2H3,(H,17,19). The third kappa shape index (κ3) is 4.46. The van der Waals surface area contributed by atoms with Crippen molar-refractivity contribution in [3.05, 3.63) is 0 Å². The van der Waals surface area contributed by atoms with Crippen molar-refractivity contribution in [3.63, 3.8) is 0 Å². The molecule has 0 bridgehead atoms. The van der Waals surface area contributed by atoms with Crippen LogP contribution in [0, 0.1) is 5.92 Å². The predicted octanol–water partition coefficient (Wildman–Crippen LogP) is 1.37. The van der Waals surface area contributed by atoms with Gasteiger partial charge in [-0.2, -0.15) is 0 Å². The minimum atomic E-state index is 0.225. The second-order valence-corrected chi connectivity index (χ2v) is 6.35. The molecule has 1 heterocycles. The largest absolute Gasteiger partial charge is 0.352 e. The second-order valence-electron chi connectivity index (χ2n) is 6.35. The second kappa shape index (κ2) is 7.25. The first-order valence-corrected chi connectivity index (χ1v) is 7.87. The first kappa shape index (κ1) is 14.8. The summed E-state index contributed by atoms with van der Waals surface area (Å²) in [5.41, 5.74) is 0. The molecule has 4 nitrogen and oxygen atoms in total. The van der Waals surface area contributed by atoms with Crippen LogP contribution in [0.5, 0.6) is 0 Å². The van der Waals surface area contributed by atoms with Gasteiger partial charge in [-0.1, -0.05) is 6.92 Å². The van der Waals surface area contributed by atoms with Crippen LogP contribution in [-0.2, 0) is 4.79 Å². The Balaban J connectivity index is 1.71. The molecule has 2 N–H and O–H groups in total. The highest BCUT2D eigenvalue weighted by atomic mass is 16.2. The van der Waals surface area contributed by atoms with E-state index in [-0.39, 0.29) is 5.91 Å². The fraction of sp³-hybridized carbons (Fsp3) is 0.933. The highest BCUT2D eigenvalue weighted by molar-refractivity contribution is 5.78. The van der Waals surface area contributed by atoms with Gasteiger partial charge in [-0.05, 0) is 58.0 Å². The van der Waals surface area contributed by atoms with E-state index in [0.717, 1.165) is 31.8 Å². The average Bonchev–Trinajstić information content (AvgIpc) is 2.80. The van der Waals surface area contributed by atoms with E-state index >= 15 is 0 Å². The van der Waals surface area contributed by atoms with E-state index in [4.69, 9.17) is 0 Å². The maximum atomic E-state index is 12.1. The zero-order valence-electron chi connectivity index (χ0n) is 12.5. The average molecular weight is 267 g/mol. The number of nitrogens with zero attached hydrogens (tertiary/aromatic N) is 1. The van der Waals surface area contributed by atoms with Crippen LogP contribution >= 0.6 is 0 Å². The molecule has 2 rings (SSSR count). The van der Waals surface area contributed by atoms with E-state index in [1.54, 1.807) is 0 Å². The van der Waals surface area contributed by atoms with Gasteiger partial charge in [0.2, 0.25) is 5.91 Å². The van der Waals surface area contributed by atoms with Crippen molar-refractivity contribution in [2.75, 3.05) is 26.7 Å². The van der Waals surface area contributed by atoms with Crippen molar-refractivity contribution >= 4 is 5.91 Å². The van der Waals surface area contributed by atoms with Crippen molar-refractivity contribution in [3.8, 4) is 0 Å². The molecule has 1 amide bonds. The summed E-state index contributed by atoms with van der Waals surface area (Å²) in [6, 6.07) is 0.969. The molecule has 1 atom stereocenters. The lowest BCUT2D eigenvalue weighted by molar-refractivity contribution is -0.123. The Bertz CT molecular complexity index is 287. The summed E-state index contributed by atoms with van der Waals surface area (Å²) >= 11 is 0. The van der Waals surface area contributed by atoms with Crippen molar-refractivity contribution in [1.29, 1.82) is 0 Å². The summed E-state index contributed by atoms with van der Waals surface area (Å²) in [4.78, 5) is 14.5. The molecular formula is C15H29N3O. The predicted molar refractivity (Wildman–Crippen MR) is 78.1 cm³/mol. The molecule has 4 heteroatoms. The normalized spacial score (nSPS) is 32.4. The first-order valence-electron chi connectivity index (χ1n) is 7.87. The Morgan fingerprint density at radius 3 is 2.63 bits per heavy atom. The fourth-order valence-electron chi connectivity index (χ4n) is 3.43. The molecule has 1 saturated heterocycles. The summed E-state index contributed by atoms with van der Waals surface area (Å²) in [5.74, 6) is 1.06. The number of nitrogens with one attached hydrogen (secondary N) is 2. The van der Waals surface area contributed by atoms with Gasteiger partial charge in [0, 0.05) is 18.6 Å². The molecule has 1 aliphatic heterocycles. The molecule has 1 unspecified atom stereocenters. The smallest absolute Gasteiger partial charge is 0.234 e. The number of likely N-dealkylation sites (tertiary alicyclic amines) is 1. The zero-order valence-corrected chi connectivity index (χ0v) is 12.5. The third-order valence-electron chi connectivity index (χ3n) is 4.67. The van der Waals surface area contributed by atoms with Crippen molar-refractivity contribution in [1.82, 2.24) is 15.5 Å². The maximum Gasteiger partial charge on any atom is 0.234 e. The Morgan fingerprint density at radius 2 is 1.95 bits per heavy atom. The first-order chi connectivity index (χ1) is 9.19. The number of amides is 1. The van der Waals surface area contributed by atoms with E-state index in [2.05, 4.69) is 22.5 Å². The van der Waals surface area contributed by atoms with E-state index in [1.165, 1.54) is 25.7 Å². The van der Waals surface area contributed by atoms with Gasteiger partial charge in [0.05, 0.1) is 6.54 Å². The zero-order chi connectivity index (χ0) is 13.7. The lowest BCUT2D eigenvalue weighted by atomic mass is 9.87. The summed E-state index contributed by atoms with van der Waals surface area (Å²) in [6.07, 6.45) is 7.28. The molecule has 2 fully saturated rings. The van der Waals surface area contributed by atoms with Crippen LogP contribution in [-0.4, -0.2) is 49.6 Å². The number of carbonyl (C=O) groups is 1. The Hall–Kier alpha value is -0.610. The molecule has 0 spiro atoms. The molecule has 2 aliphatic rings. The van der Waals surface area contributed by atoms with Crippen LogP contribution in [0.15, 0.2) is 0 Å². The molecule has 0 radical (unpaired) electrons. The van der Waals surface area contributed by atoms with E-state index in [0.29, 0.717) is 18.6 Å². The number of carbonyl (C=O) groups excluding carboxylic acids is 1. The van der Waals surface area contributed by atoms with Crippen LogP contribution in [0.3, 0.4) is 0 Å². The third-order valence-corrected chi connectivity index (χ3v) is 4.67. The summed E-state index contributed by atoms with van der Waals surface area (Å²) < 4.78 is 0. The van der Waals surface area contributed by atoms with Gasteiger partial charge in [-0.3, -0.25) is 9.69 Å². The number of hydrogen-bond donors (Lipinski definition) is 2. The molecule has 110 valence electrons.